The number of nitrogens with one attached hydrogen (secondary N) is 2. The Balaban J connectivity index is 1.90. The SMILES string of the molecule is O=C1NC2(CCNCC2)C(=O)N1c1nc(C(F)(F)F)cs1. The molecule has 1 aromatic heterocycles. The van der Waals surface area contributed by atoms with Crippen LogP contribution in [0.25, 0.3) is 0 Å². The molecule has 2 aliphatic heterocycles. The van der Waals surface area contributed by atoms with E-state index in [9.17, 15) is 22.8 Å². The number of aromatic nitrogens is 1. The molecule has 0 atom stereocenters. The minimum atomic E-state index is -4.60. The van der Waals surface area contributed by atoms with Gasteiger partial charge in [-0.3, -0.25) is 4.79 Å². The molecule has 1 spiro atoms. The largest absolute Gasteiger partial charge is 0.434 e. The number of rotatable bonds is 1. The Morgan fingerprint density at radius 2 is 1.95 bits per heavy atom. The minimum Gasteiger partial charge on any atom is -0.323 e. The van der Waals surface area contributed by atoms with Gasteiger partial charge in [-0.2, -0.15) is 13.2 Å². The van der Waals surface area contributed by atoms with Crippen LogP contribution >= 0.6 is 11.3 Å². The fraction of sp³-hybridized carbons (Fsp3) is 0.545. The molecule has 0 aromatic carbocycles. The monoisotopic (exact) mass is 320 g/mol. The highest BCUT2D eigenvalue weighted by atomic mass is 32.1. The van der Waals surface area contributed by atoms with E-state index in [1.54, 1.807) is 0 Å². The first-order valence-electron chi connectivity index (χ1n) is 6.24. The first kappa shape index (κ1) is 14.3. The molecule has 0 aliphatic carbocycles. The summed E-state index contributed by atoms with van der Waals surface area (Å²) in [6.45, 7) is 1.12. The molecule has 2 aliphatic rings. The molecule has 2 saturated heterocycles. The van der Waals surface area contributed by atoms with Gasteiger partial charge in [-0.15, -0.1) is 11.3 Å². The first-order valence-corrected chi connectivity index (χ1v) is 7.12. The Bertz CT molecular complexity index is 595. The van der Waals surface area contributed by atoms with Gasteiger partial charge < -0.3 is 10.6 Å². The summed E-state index contributed by atoms with van der Waals surface area (Å²) in [7, 11) is 0. The third-order valence-corrected chi connectivity index (χ3v) is 4.42. The number of hydrogen-bond donors (Lipinski definition) is 2. The van der Waals surface area contributed by atoms with Crippen LogP contribution in [0.4, 0.5) is 23.1 Å². The Hall–Kier alpha value is -1.68. The molecular formula is C11H11F3N4O2S. The molecular weight excluding hydrogens is 309 g/mol. The maximum absolute atomic E-state index is 12.6. The molecule has 3 rings (SSSR count). The summed E-state index contributed by atoms with van der Waals surface area (Å²) in [5, 5.41) is 6.21. The third-order valence-electron chi connectivity index (χ3n) is 3.59. The van der Waals surface area contributed by atoms with E-state index in [0.29, 0.717) is 42.2 Å². The average Bonchev–Trinajstić information content (AvgIpc) is 2.96. The number of hydrogen-bond acceptors (Lipinski definition) is 5. The number of anilines is 1. The second-order valence-corrected chi connectivity index (χ2v) is 5.75. The van der Waals surface area contributed by atoms with Crippen LogP contribution in [0.5, 0.6) is 0 Å². The zero-order chi connectivity index (χ0) is 15.3. The Morgan fingerprint density at radius 3 is 2.52 bits per heavy atom. The summed E-state index contributed by atoms with van der Waals surface area (Å²) < 4.78 is 37.7. The first-order chi connectivity index (χ1) is 9.83. The van der Waals surface area contributed by atoms with Crippen LogP contribution in [0.2, 0.25) is 0 Å². The lowest BCUT2D eigenvalue weighted by Gasteiger charge is -2.30. The van der Waals surface area contributed by atoms with E-state index in [-0.39, 0.29) is 5.13 Å². The average molecular weight is 320 g/mol. The van der Waals surface area contributed by atoms with Gasteiger partial charge in [-0.25, -0.2) is 14.7 Å². The number of carbonyl (C=O) groups excluding carboxylic acids is 2. The molecule has 2 N–H and O–H groups in total. The van der Waals surface area contributed by atoms with Crippen molar-refractivity contribution in [2.75, 3.05) is 18.0 Å². The number of imide groups is 1. The summed E-state index contributed by atoms with van der Waals surface area (Å²) in [5.74, 6) is -0.530. The van der Waals surface area contributed by atoms with Crippen molar-refractivity contribution in [3.05, 3.63) is 11.1 Å². The number of piperidine rings is 1. The third kappa shape index (κ3) is 2.27. The summed E-state index contributed by atoms with van der Waals surface area (Å²) in [4.78, 5) is 28.5. The lowest BCUT2D eigenvalue weighted by molar-refractivity contribution is -0.140. The number of halogens is 3. The van der Waals surface area contributed by atoms with Gasteiger partial charge in [0.05, 0.1) is 0 Å². The molecule has 0 bridgehead atoms. The van der Waals surface area contributed by atoms with Crippen molar-refractivity contribution in [3.63, 3.8) is 0 Å². The Morgan fingerprint density at radius 1 is 1.29 bits per heavy atom. The van der Waals surface area contributed by atoms with Gasteiger partial charge >= 0.3 is 12.2 Å². The van der Waals surface area contributed by atoms with Crippen molar-refractivity contribution < 1.29 is 22.8 Å². The minimum absolute atomic E-state index is 0.250. The van der Waals surface area contributed by atoms with Gasteiger partial charge in [0.25, 0.3) is 5.91 Å². The molecule has 0 saturated carbocycles. The lowest BCUT2D eigenvalue weighted by Crippen LogP contribution is -2.53. The van der Waals surface area contributed by atoms with Crippen LogP contribution in [0.3, 0.4) is 0 Å². The van der Waals surface area contributed by atoms with Crippen LogP contribution in [-0.4, -0.2) is 35.6 Å². The zero-order valence-corrected chi connectivity index (χ0v) is 11.5. The molecule has 6 nitrogen and oxygen atoms in total. The van der Waals surface area contributed by atoms with Crippen molar-refractivity contribution >= 4 is 28.4 Å². The Labute approximate surface area is 121 Å². The van der Waals surface area contributed by atoms with E-state index in [0.717, 1.165) is 5.38 Å². The van der Waals surface area contributed by atoms with Crippen molar-refractivity contribution in [2.24, 2.45) is 0 Å². The maximum Gasteiger partial charge on any atom is 0.434 e. The molecule has 3 heterocycles. The summed E-state index contributed by atoms with van der Waals surface area (Å²) in [6, 6.07) is -0.718. The molecule has 10 heteroatoms. The number of carbonyl (C=O) groups is 2. The summed E-state index contributed by atoms with van der Waals surface area (Å²) in [6.07, 6.45) is -3.78. The zero-order valence-electron chi connectivity index (χ0n) is 10.7. The van der Waals surface area contributed by atoms with Crippen molar-refractivity contribution in [3.8, 4) is 0 Å². The van der Waals surface area contributed by atoms with Crippen molar-refractivity contribution in [1.29, 1.82) is 0 Å². The van der Waals surface area contributed by atoms with E-state index in [1.807, 2.05) is 0 Å². The van der Waals surface area contributed by atoms with Gasteiger partial charge in [0.15, 0.2) is 5.69 Å². The highest BCUT2D eigenvalue weighted by molar-refractivity contribution is 7.14. The smallest absolute Gasteiger partial charge is 0.323 e. The second-order valence-electron chi connectivity index (χ2n) is 4.92. The van der Waals surface area contributed by atoms with E-state index < -0.39 is 29.3 Å². The quantitative estimate of drug-likeness (QED) is 0.766. The van der Waals surface area contributed by atoms with Gasteiger partial charge in [-0.1, -0.05) is 0 Å². The van der Waals surface area contributed by atoms with Crippen LogP contribution < -0.4 is 15.5 Å². The summed E-state index contributed by atoms with van der Waals surface area (Å²) >= 11 is 0.626. The van der Waals surface area contributed by atoms with Crippen molar-refractivity contribution in [2.45, 2.75) is 24.6 Å². The molecule has 114 valence electrons. The molecule has 0 unspecified atom stereocenters. The van der Waals surface area contributed by atoms with E-state index in [4.69, 9.17) is 0 Å². The highest BCUT2D eigenvalue weighted by Gasteiger charge is 2.53. The normalized spacial score (nSPS) is 22.0. The summed E-state index contributed by atoms with van der Waals surface area (Å²) in [5.41, 5.74) is -2.12. The topological polar surface area (TPSA) is 74.3 Å². The Kier molecular flexibility index (Phi) is 3.17. The number of nitrogens with zero attached hydrogens (tertiary/aromatic N) is 2. The lowest BCUT2D eigenvalue weighted by atomic mass is 9.88. The predicted octanol–water partition coefficient (Wildman–Crippen LogP) is 1.34. The number of thiazole rings is 1. The van der Waals surface area contributed by atoms with Crippen molar-refractivity contribution in [1.82, 2.24) is 15.6 Å². The number of amides is 3. The van der Waals surface area contributed by atoms with Gasteiger partial charge in [0.2, 0.25) is 5.13 Å². The fourth-order valence-electron chi connectivity index (χ4n) is 2.48. The van der Waals surface area contributed by atoms with E-state index >= 15 is 0 Å². The molecule has 3 amide bonds. The van der Waals surface area contributed by atoms with Gasteiger partial charge in [0, 0.05) is 5.38 Å². The van der Waals surface area contributed by atoms with Crippen LogP contribution in [-0.2, 0) is 11.0 Å². The predicted molar refractivity (Wildman–Crippen MR) is 68.0 cm³/mol. The van der Waals surface area contributed by atoms with E-state index in [1.165, 1.54) is 0 Å². The fourth-order valence-corrected chi connectivity index (χ4v) is 3.31. The number of alkyl halides is 3. The number of urea groups is 1. The van der Waals surface area contributed by atoms with Gasteiger partial charge in [-0.05, 0) is 25.9 Å². The van der Waals surface area contributed by atoms with E-state index in [2.05, 4.69) is 15.6 Å². The van der Waals surface area contributed by atoms with Gasteiger partial charge in [0.1, 0.15) is 5.54 Å². The van der Waals surface area contributed by atoms with Crippen LogP contribution in [0.1, 0.15) is 18.5 Å². The van der Waals surface area contributed by atoms with Crippen LogP contribution in [0, 0.1) is 0 Å². The molecule has 1 aromatic rings. The molecule has 0 radical (unpaired) electrons. The standard InChI is InChI=1S/C11H11F3N4O2S/c12-11(13,14)6-5-21-9(16-6)18-7(19)10(17-8(18)20)1-3-15-4-2-10/h5,15H,1-4H2,(H,17,20). The molecule has 2 fully saturated rings. The highest BCUT2D eigenvalue weighted by Crippen LogP contribution is 2.36. The maximum atomic E-state index is 12.6. The molecule has 21 heavy (non-hydrogen) atoms. The second kappa shape index (κ2) is 4.67. The van der Waals surface area contributed by atoms with Crippen LogP contribution in [0.15, 0.2) is 5.38 Å².